The Bertz CT molecular complexity index is 1410. The van der Waals surface area contributed by atoms with Crippen LogP contribution in [0, 0.1) is 16.7 Å². The number of benzene rings is 2. The number of allylic oxidation sites excluding steroid dienone is 2. The van der Waals surface area contributed by atoms with Crippen molar-refractivity contribution in [3.63, 3.8) is 0 Å². The molecule has 3 N–H and O–H groups in total. The Morgan fingerprint density at radius 3 is 2.46 bits per heavy atom. The quantitative estimate of drug-likeness (QED) is 0.214. The van der Waals surface area contributed by atoms with Gasteiger partial charge >= 0.3 is 6.03 Å². The molecule has 0 saturated heterocycles. The van der Waals surface area contributed by atoms with Gasteiger partial charge in [0.2, 0.25) is 0 Å². The first kappa shape index (κ1) is 29.2. The van der Waals surface area contributed by atoms with Gasteiger partial charge < -0.3 is 16.1 Å². The number of aliphatic imine (C=N–C) groups is 2. The minimum atomic E-state index is -0.401. The van der Waals surface area contributed by atoms with E-state index in [0.29, 0.717) is 48.9 Å². The molecule has 1 heterocycles. The maximum Gasteiger partial charge on any atom is 0.341 e. The number of rotatable bonds is 12. The molecule has 8 nitrogen and oxygen atoms in total. The number of carbonyl (C=O) groups is 1. The van der Waals surface area contributed by atoms with Gasteiger partial charge in [-0.2, -0.15) is 4.99 Å². The molecule has 3 aromatic rings. The Kier molecular flexibility index (Phi) is 10.9. The lowest BCUT2D eigenvalue weighted by Gasteiger charge is -2.12. The van der Waals surface area contributed by atoms with Crippen LogP contribution >= 0.6 is 0 Å². The number of hydrogen-bond donors (Lipinski definition) is 3. The molecule has 8 heteroatoms. The molecule has 3 rings (SSSR count). The summed E-state index contributed by atoms with van der Waals surface area (Å²) in [6.45, 7) is 8.12. The van der Waals surface area contributed by atoms with Crippen molar-refractivity contribution in [3.8, 4) is 0 Å². The van der Waals surface area contributed by atoms with Crippen molar-refractivity contribution in [2.24, 2.45) is 15.9 Å². The summed E-state index contributed by atoms with van der Waals surface area (Å²) in [7, 11) is 0. The molecule has 202 valence electrons. The Morgan fingerprint density at radius 2 is 1.77 bits per heavy atom. The van der Waals surface area contributed by atoms with Crippen LogP contribution in [0.3, 0.4) is 0 Å². The number of aromatic nitrogens is 2. The minimum Gasteiger partial charge on any atom is -0.332 e. The molecule has 0 aliphatic rings. The lowest BCUT2D eigenvalue weighted by Crippen LogP contribution is -2.19. The van der Waals surface area contributed by atoms with Crippen molar-refractivity contribution in [2.45, 2.75) is 59.9 Å². The Labute approximate surface area is 230 Å². The second-order valence-electron chi connectivity index (χ2n) is 9.41. The molecule has 0 fully saturated rings. The number of hydrogen-bond acceptors (Lipinski definition) is 6. The van der Waals surface area contributed by atoms with Crippen LogP contribution in [-0.4, -0.2) is 39.3 Å². The first-order valence-corrected chi connectivity index (χ1v) is 13.3. The second kappa shape index (κ2) is 14.6. The predicted molar refractivity (Wildman–Crippen MR) is 162 cm³/mol. The maximum atomic E-state index is 12.4. The smallest absolute Gasteiger partial charge is 0.332 e. The molecule has 0 saturated carbocycles. The highest BCUT2D eigenvalue weighted by atomic mass is 16.2. The number of urea groups is 1. The summed E-state index contributed by atoms with van der Waals surface area (Å²) in [5, 5.41) is 19.5. The molecule has 0 bridgehead atoms. The van der Waals surface area contributed by atoms with E-state index in [-0.39, 0.29) is 5.92 Å². The molecular formula is C31H37N7O. The fraction of sp³-hybridized carbons (Fsp3) is 0.323. The molecular weight excluding hydrogens is 486 g/mol. The Hall–Kier alpha value is -4.33. The van der Waals surface area contributed by atoms with E-state index in [0.717, 1.165) is 34.2 Å². The van der Waals surface area contributed by atoms with Gasteiger partial charge in [-0.1, -0.05) is 62.7 Å². The van der Waals surface area contributed by atoms with E-state index in [1.807, 2.05) is 74.5 Å². The normalized spacial score (nSPS) is 13.3. The van der Waals surface area contributed by atoms with Crippen LogP contribution < -0.4 is 5.32 Å². The standard InChI is InChI=1S/C31H37N7O/c1-5-12-24(17-22(4)36-31(39)34-20-23-13-8-7-9-14-23)29-37-28-16-11-10-15-26(28)30(38-29)35-21(3)18-25(19-32)27(33)6-2/h7-11,13-17,19,25,32-33H,5-6,12,18,20H2,1-4H3,(H,34,39)/b24-17+,32-19?,33-27?,35-21?,36-22?. The summed E-state index contributed by atoms with van der Waals surface area (Å²) in [6, 6.07) is 17.0. The molecule has 1 unspecified atom stereocenters. The number of nitrogens with one attached hydrogen (secondary N) is 3. The number of amides is 2. The zero-order chi connectivity index (χ0) is 28.2. The van der Waals surface area contributed by atoms with Crippen LogP contribution in [0.4, 0.5) is 10.6 Å². The summed E-state index contributed by atoms with van der Waals surface area (Å²) < 4.78 is 0. The number of fused-ring (bicyclic) bond motifs is 1. The highest BCUT2D eigenvalue weighted by Gasteiger charge is 2.15. The van der Waals surface area contributed by atoms with Crippen LogP contribution in [0.2, 0.25) is 0 Å². The first-order valence-electron chi connectivity index (χ1n) is 13.3. The molecule has 39 heavy (non-hydrogen) atoms. The number of para-hydroxylation sites is 1. The van der Waals surface area contributed by atoms with Gasteiger partial charge in [-0.25, -0.2) is 19.8 Å². The van der Waals surface area contributed by atoms with E-state index in [1.165, 1.54) is 6.21 Å². The van der Waals surface area contributed by atoms with Crippen LogP contribution in [0.5, 0.6) is 0 Å². The molecule has 2 aromatic carbocycles. The highest BCUT2D eigenvalue weighted by molar-refractivity contribution is 6.05. The SMILES string of the molecule is CCC/C(=C\C(C)=NC(=O)NCc1ccccc1)c1nc(N=C(C)CC(C=N)C(=N)CC)c2ccccc2n1. The summed E-state index contributed by atoms with van der Waals surface area (Å²) in [5.41, 5.74) is 4.53. The fourth-order valence-corrected chi connectivity index (χ4v) is 4.15. The molecule has 0 radical (unpaired) electrons. The summed E-state index contributed by atoms with van der Waals surface area (Å²) in [4.78, 5) is 31.1. The lowest BCUT2D eigenvalue weighted by molar-refractivity contribution is 0.249. The topological polar surface area (TPSA) is 127 Å². The third kappa shape index (κ3) is 8.60. The summed E-state index contributed by atoms with van der Waals surface area (Å²) in [5.74, 6) is 0.831. The van der Waals surface area contributed by atoms with Crippen molar-refractivity contribution < 1.29 is 4.79 Å². The summed E-state index contributed by atoms with van der Waals surface area (Å²) in [6.07, 6.45) is 5.85. The van der Waals surface area contributed by atoms with E-state index in [9.17, 15) is 4.79 Å². The maximum absolute atomic E-state index is 12.4. The van der Waals surface area contributed by atoms with Crippen molar-refractivity contribution >= 4 is 51.7 Å². The van der Waals surface area contributed by atoms with Crippen LogP contribution in [-0.2, 0) is 6.54 Å². The summed E-state index contributed by atoms with van der Waals surface area (Å²) >= 11 is 0. The van der Waals surface area contributed by atoms with E-state index < -0.39 is 6.03 Å². The molecule has 1 atom stereocenters. The third-order valence-electron chi connectivity index (χ3n) is 6.18. The molecule has 0 aliphatic carbocycles. The van der Waals surface area contributed by atoms with Gasteiger partial charge in [0.05, 0.1) is 5.52 Å². The molecule has 2 amide bonds. The van der Waals surface area contributed by atoms with Gasteiger partial charge in [-0.3, -0.25) is 0 Å². The lowest BCUT2D eigenvalue weighted by atomic mass is 9.96. The van der Waals surface area contributed by atoms with Gasteiger partial charge in [-0.05, 0) is 62.5 Å². The zero-order valence-electron chi connectivity index (χ0n) is 23.2. The minimum absolute atomic E-state index is 0.270. The van der Waals surface area contributed by atoms with E-state index >= 15 is 0 Å². The van der Waals surface area contributed by atoms with Crippen LogP contribution in [0.25, 0.3) is 16.5 Å². The van der Waals surface area contributed by atoms with E-state index in [4.69, 9.17) is 25.8 Å². The number of carbonyl (C=O) groups excluding carboxylic acids is 1. The Balaban J connectivity index is 1.93. The highest BCUT2D eigenvalue weighted by Crippen LogP contribution is 2.27. The van der Waals surface area contributed by atoms with Crippen LogP contribution in [0.1, 0.15) is 64.8 Å². The van der Waals surface area contributed by atoms with Gasteiger partial charge in [0.15, 0.2) is 11.6 Å². The zero-order valence-corrected chi connectivity index (χ0v) is 23.2. The monoisotopic (exact) mass is 523 g/mol. The fourth-order valence-electron chi connectivity index (χ4n) is 4.15. The van der Waals surface area contributed by atoms with Gasteiger partial charge in [-0.15, -0.1) is 0 Å². The van der Waals surface area contributed by atoms with Gasteiger partial charge in [0.25, 0.3) is 0 Å². The van der Waals surface area contributed by atoms with Gasteiger partial charge in [0.1, 0.15) is 0 Å². The number of nitrogens with zero attached hydrogens (tertiary/aromatic N) is 4. The van der Waals surface area contributed by atoms with Gasteiger partial charge in [0, 0.05) is 41.2 Å². The average molecular weight is 524 g/mol. The van der Waals surface area contributed by atoms with Crippen molar-refractivity contribution in [2.75, 3.05) is 0 Å². The van der Waals surface area contributed by atoms with Crippen molar-refractivity contribution in [1.29, 1.82) is 10.8 Å². The first-order chi connectivity index (χ1) is 18.8. The predicted octanol–water partition coefficient (Wildman–Crippen LogP) is 7.36. The molecule has 0 spiro atoms. The Morgan fingerprint density at radius 1 is 1.05 bits per heavy atom. The largest absolute Gasteiger partial charge is 0.341 e. The van der Waals surface area contributed by atoms with E-state index in [2.05, 4.69) is 17.2 Å². The second-order valence-corrected chi connectivity index (χ2v) is 9.41. The van der Waals surface area contributed by atoms with E-state index in [1.54, 1.807) is 6.92 Å². The van der Waals surface area contributed by atoms with Crippen LogP contribution in [0.15, 0.2) is 70.7 Å². The molecule has 0 aliphatic heterocycles. The molecule has 1 aromatic heterocycles. The van der Waals surface area contributed by atoms with Crippen molar-refractivity contribution in [1.82, 2.24) is 15.3 Å². The third-order valence-corrected chi connectivity index (χ3v) is 6.18. The average Bonchev–Trinajstić information content (AvgIpc) is 2.94. The van der Waals surface area contributed by atoms with Crippen molar-refractivity contribution in [3.05, 3.63) is 72.1 Å².